The highest BCUT2D eigenvalue weighted by atomic mass is 35.5. The van der Waals surface area contributed by atoms with E-state index in [1.54, 1.807) is 20.1 Å². The molecule has 1 fully saturated rings. The lowest BCUT2D eigenvalue weighted by molar-refractivity contribution is -0.128. The van der Waals surface area contributed by atoms with Crippen molar-refractivity contribution in [1.29, 1.82) is 0 Å². The van der Waals surface area contributed by atoms with Crippen molar-refractivity contribution in [3.63, 3.8) is 0 Å². The molecule has 0 bridgehead atoms. The molecule has 1 saturated heterocycles. The van der Waals surface area contributed by atoms with E-state index in [4.69, 9.17) is 21.1 Å². The SMILES string of the molecule is COCC1(CNC(=O)C(C)Oc2cc(C)ccc2Cl)CCNCC1. The van der Waals surface area contributed by atoms with Crippen LogP contribution in [-0.2, 0) is 9.53 Å². The van der Waals surface area contributed by atoms with Gasteiger partial charge in [0.05, 0.1) is 11.6 Å². The monoisotopic (exact) mass is 354 g/mol. The smallest absolute Gasteiger partial charge is 0.260 e. The molecule has 134 valence electrons. The van der Waals surface area contributed by atoms with Crippen LogP contribution < -0.4 is 15.4 Å². The van der Waals surface area contributed by atoms with Crippen molar-refractivity contribution in [3.8, 4) is 5.75 Å². The third kappa shape index (κ3) is 5.10. The second-order valence-corrected chi connectivity index (χ2v) is 7.00. The number of carbonyl (C=O) groups is 1. The Morgan fingerprint density at radius 2 is 2.12 bits per heavy atom. The number of hydrogen-bond donors (Lipinski definition) is 2. The normalized spacial score (nSPS) is 18.0. The Hall–Kier alpha value is -1.30. The number of halogens is 1. The van der Waals surface area contributed by atoms with Gasteiger partial charge in [-0.1, -0.05) is 17.7 Å². The standard InChI is InChI=1S/C18H27ClN2O3/c1-13-4-5-15(19)16(10-13)24-14(2)17(22)21-11-18(12-23-3)6-8-20-9-7-18/h4-5,10,14,20H,6-9,11-12H2,1-3H3,(H,21,22). The summed E-state index contributed by atoms with van der Waals surface area (Å²) in [6.45, 7) is 6.83. The van der Waals surface area contributed by atoms with Crippen LogP contribution in [0.5, 0.6) is 5.75 Å². The number of amides is 1. The average molecular weight is 355 g/mol. The lowest BCUT2D eigenvalue weighted by Crippen LogP contribution is -2.49. The third-order valence-electron chi connectivity index (χ3n) is 4.51. The molecule has 24 heavy (non-hydrogen) atoms. The van der Waals surface area contributed by atoms with E-state index in [2.05, 4.69) is 10.6 Å². The molecule has 0 saturated carbocycles. The largest absolute Gasteiger partial charge is 0.479 e. The first-order valence-corrected chi connectivity index (χ1v) is 8.74. The van der Waals surface area contributed by atoms with Crippen LogP contribution in [0.15, 0.2) is 18.2 Å². The Morgan fingerprint density at radius 3 is 2.79 bits per heavy atom. The van der Waals surface area contributed by atoms with E-state index in [1.807, 2.05) is 19.1 Å². The molecule has 1 amide bonds. The molecule has 2 rings (SSSR count). The summed E-state index contributed by atoms with van der Waals surface area (Å²) in [6.07, 6.45) is 1.37. The molecule has 0 radical (unpaired) electrons. The van der Waals surface area contributed by atoms with Crippen molar-refractivity contribution in [2.24, 2.45) is 5.41 Å². The summed E-state index contributed by atoms with van der Waals surface area (Å²) in [7, 11) is 1.71. The third-order valence-corrected chi connectivity index (χ3v) is 4.82. The fourth-order valence-electron chi connectivity index (χ4n) is 3.00. The topological polar surface area (TPSA) is 59.6 Å². The first kappa shape index (κ1) is 19.0. The maximum atomic E-state index is 12.4. The summed E-state index contributed by atoms with van der Waals surface area (Å²) in [4.78, 5) is 12.4. The lowest BCUT2D eigenvalue weighted by Gasteiger charge is -2.37. The van der Waals surface area contributed by atoms with Gasteiger partial charge in [0.1, 0.15) is 5.75 Å². The van der Waals surface area contributed by atoms with Gasteiger partial charge in [-0.15, -0.1) is 0 Å². The maximum absolute atomic E-state index is 12.4. The molecule has 1 aliphatic rings. The second-order valence-electron chi connectivity index (χ2n) is 6.59. The van der Waals surface area contributed by atoms with Gasteiger partial charge in [-0.3, -0.25) is 4.79 Å². The second kappa shape index (κ2) is 8.70. The zero-order valence-corrected chi connectivity index (χ0v) is 15.4. The molecule has 1 unspecified atom stereocenters. The van der Waals surface area contributed by atoms with Crippen molar-refractivity contribution in [2.45, 2.75) is 32.8 Å². The van der Waals surface area contributed by atoms with E-state index in [1.165, 1.54) is 0 Å². The summed E-state index contributed by atoms with van der Waals surface area (Å²) in [6, 6.07) is 5.52. The van der Waals surface area contributed by atoms with Gasteiger partial charge in [-0.25, -0.2) is 0 Å². The van der Waals surface area contributed by atoms with Gasteiger partial charge < -0.3 is 20.1 Å². The zero-order chi connectivity index (χ0) is 17.6. The van der Waals surface area contributed by atoms with Crippen molar-refractivity contribution >= 4 is 17.5 Å². The number of carbonyl (C=O) groups excluding carboxylic acids is 1. The van der Waals surface area contributed by atoms with Gasteiger partial charge in [0.15, 0.2) is 6.10 Å². The van der Waals surface area contributed by atoms with Gasteiger partial charge in [0.2, 0.25) is 0 Å². The van der Waals surface area contributed by atoms with Crippen LogP contribution >= 0.6 is 11.6 Å². The number of methoxy groups -OCH3 is 1. The summed E-state index contributed by atoms with van der Waals surface area (Å²) in [5, 5.41) is 6.87. The van der Waals surface area contributed by atoms with E-state index in [9.17, 15) is 4.79 Å². The Balaban J connectivity index is 1.92. The van der Waals surface area contributed by atoms with Crippen LogP contribution in [0.4, 0.5) is 0 Å². The molecule has 2 N–H and O–H groups in total. The molecule has 6 heteroatoms. The number of piperidine rings is 1. The van der Waals surface area contributed by atoms with Crippen molar-refractivity contribution in [2.75, 3.05) is 33.4 Å². The van der Waals surface area contributed by atoms with E-state index < -0.39 is 6.10 Å². The first-order valence-electron chi connectivity index (χ1n) is 8.36. The van der Waals surface area contributed by atoms with Crippen LogP contribution in [-0.4, -0.2) is 45.4 Å². The number of rotatable bonds is 7. The molecule has 0 spiro atoms. The molecule has 0 aromatic heterocycles. The predicted octanol–water partition coefficient (Wildman–Crippen LogP) is 2.55. The molecule has 5 nitrogen and oxygen atoms in total. The van der Waals surface area contributed by atoms with E-state index in [0.717, 1.165) is 31.5 Å². The number of nitrogens with one attached hydrogen (secondary N) is 2. The number of ether oxygens (including phenoxy) is 2. The summed E-state index contributed by atoms with van der Waals surface area (Å²) in [5.74, 6) is 0.398. The predicted molar refractivity (Wildman–Crippen MR) is 95.7 cm³/mol. The van der Waals surface area contributed by atoms with E-state index in [0.29, 0.717) is 23.9 Å². The van der Waals surface area contributed by atoms with Crippen LogP contribution in [0, 0.1) is 12.3 Å². The molecule has 1 atom stereocenters. The molecule has 1 aromatic carbocycles. The number of hydrogen-bond acceptors (Lipinski definition) is 4. The van der Waals surface area contributed by atoms with Gasteiger partial charge in [-0.05, 0) is 57.5 Å². The lowest BCUT2D eigenvalue weighted by atomic mass is 9.79. The molecule has 1 aromatic rings. The van der Waals surface area contributed by atoms with Gasteiger partial charge >= 0.3 is 0 Å². The molecule has 1 heterocycles. The Bertz CT molecular complexity index is 554. The highest BCUT2D eigenvalue weighted by Gasteiger charge is 2.33. The molecule has 1 aliphatic heterocycles. The molecular formula is C18H27ClN2O3. The van der Waals surface area contributed by atoms with E-state index in [-0.39, 0.29) is 11.3 Å². The highest BCUT2D eigenvalue weighted by molar-refractivity contribution is 6.32. The average Bonchev–Trinajstić information content (AvgIpc) is 2.57. The maximum Gasteiger partial charge on any atom is 0.260 e. The fraction of sp³-hybridized carbons (Fsp3) is 0.611. The summed E-state index contributed by atoms with van der Waals surface area (Å²) >= 11 is 6.13. The van der Waals surface area contributed by atoms with Crippen molar-refractivity contribution in [3.05, 3.63) is 28.8 Å². The summed E-state index contributed by atoms with van der Waals surface area (Å²) in [5.41, 5.74) is 1.03. The molecule has 0 aliphatic carbocycles. The minimum atomic E-state index is -0.606. The summed E-state index contributed by atoms with van der Waals surface area (Å²) < 4.78 is 11.1. The van der Waals surface area contributed by atoms with Gasteiger partial charge in [-0.2, -0.15) is 0 Å². The quantitative estimate of drug-likeness (QED) is 0.790. The zero-order valence-electron chi connectivity index (χ0n) is 14.7. The Kier molecular flexibility index (Phi) is 6.90. The fourth-order valence-corrected chi connectivity index (χ4v) is 3.16. The number of aryl methyl sites for hydroxylation is 1. The first-order chi connectivity index (χ1) is 11.5. The van der Waals surface area contributed by atoms with Crippen LogP contribution in [0.2, 0.25) is 5.02 Å². The van der Waals surface area contributed by atoms with Gasteiger partial charge in [0, 0.05) is 19.1 Å². The van der Waals surface area contributed by atoms with Crippen LogP contribution in [0.1, 0.15) is 25.3 Å². The Labute approximate surface area is 149 Å². The van der Waals surface area contributed by atoms with Crippen molar-refractivity contribution in [1.82, 2.24) is 10.6 Å². The van der Waals surface area contributed by atoms with Crippen molar-refractivity contribution < 1.29 is 14.3 Å². The van der Waals surface area contributed by atoms with Gasteiger partial charge in [0.25, 0.3) is 5.91 Å². The minimum Gasteiger partial charge on any atom is -0.479 e. The number of benzene rings is 1. The minimum absolute atomic E-state index is 0.00361. The highest BCUT2D eigenvalue weighted by Crippen LogP contribution is 2.29. The van der Waals surface area contributed by atoms with Crippen LogP contribution in [0.25, 0.3) is 0 Å². The van der Waals surface area contributed by atoms with Crippen LogP contribution in [0.3, 0.4) is 0 Å². The Morgan fingerprint density at radius 1 is 1.42 bits per heavy atom. The van der Waals surface area contributed by atoms with E-state index >= 15 is 0 Å². The molecular weight excluding hydrogens is 328 g/mol.